The fourth-order valence-electron chi connectivity index (χ4n) is 3.55. The Labute approximate surface area is 164 Å². The van der Waals surface area contributed by atoms with E-state index in [-0.39, 0.29) is 10.7 Å². The van der Waals surface area contributed by atoms with Crippen molar-refractivity contribution >= 4 is 31.3 Å². The highest BCUT2D eigenvalue weighted by Crippen LogP contribution is 2.40. The van der Waals surface area contributed by atoms with Gasteiger partial charge in [0.1, 0.15) is 13.8 Å². The van der Waals surface area contributed by atoms with E-state index in [1.807, 2.05) is 0 Å². The minimum Gasteiger partial charge on any atom is -0.404 e. The van der Waals surface area contributed by atoms with Gasteiger partial charge in [-0.15, -0.1) is 18.7 Å². The van der Waals surface area contributed by atoms with E-state index in [9.17, 15) is 18.0 Å². The molecule has 0 atom stereocenters. The summed E-state index contributed by atoms with van der Waals surface area (Å²) in [7, 11) is -2.05. The van der Waals surface area contributed by atoms with Crippen LogP contribution >= 0.6 is 11.6 Å². The number of hydrogen-bond acceptors (Lipinski definition) is 2. The van der Waals surface area contributed by atoms with Gasteiger partial charge in [0, 0.05) is 5.69 Å². The molecule has 0 saturated carbocycles. The number of anilines is 1. The van der Waals surface area contributed by atoms with Gasteiger partial charge < -0.3 is 10.1 Å². The van der Waals surface area contributed by atoms with Crippen LogP contribution in [-0.2, 0) is 4.79 Å². The SMILES string of the molecule is CC(C)[Si](C#CC(=O)Nc1ccc(OC(F)(F)F)c(Cl)c1)(C(C)C)C(C)C. The van der Waals surface area contributed by atoms with Crippen LogP contribution in [0.25, 0.3) is 0 Å². The molecule has 0 bridgehead atoms. The zero-order valence-electron chi connectivity index (χ0n) is 16.3. The highest BCUT2D eigenvalue weighted by atomic mass is 35.5. The number of amides is 1. The summed E-state index contributed by atoms with van der Waals surface area (Å²) in [6.45, 7) is 12.8. The van der Waals surface area contributed by atoms with Crippen molar-refractivity contribution in [1.29, 1.82) is 0 Å². The Bertz CT molecular complexity index is 715. The second kappa shape index (κ2) is 9.02. The maximum absolute atomic E-state index is 12.3. The molecule has 0 aliphatic heterocycles. The van der Waals surface area contributed by atoms with Crippen LogP contribution in [-0.4, -0.2) is 20.3 Å². The number of rotatable bonds is 5. The van der Waals surface area contributed by atoms with E-state index >= 15 is 0 Å². The molecule has 27 heavy (non-hydrogen) atoms. The summed E-state index contributed by atoms with van der Waals surface area (Å²) in [6, 6.07) is 3.53. The van der Waals surface area contributed by atoms with Crippen molar-refractivity contribution in [2.45, 2.75) is 64.5 Å². The molecule has 0 unspecified atom stereocenters. The normalized spacial score (nSPS) is 12.2. The second-order valence-corrected chi connectivity index (χ2v) is 13.3. The average Bonchev–Trinajstić information content (AvgIpc) is 2.48. The molecule has 0 heterocycles. The molecule has 1 amide bonds. The molecule has 0 aliphatic carbocycles. The Morgan fingerprint density at radius 1 is 1.11 bits per heavy atom. The first-order valence-electron chi connectivity index (χ1n) is 8.69. The molecule has 0 fully saturated rings. The smallest absolute Gasteiger partial charge is 0.404 e. The zero-order valence-corrected chi connectivity index (χ0v) is 18.0. The fourth-order valence-corrected chi connectivity index (χ4v) is 8.96. The number of hydrogen-bond donors (Lipinski definition) is 1. The first-order valence-corrected chi connectivity index (χ1v) is 11.3. The number of carbonyl (C=O) groups is 1. The summed E-state index contributed by atoms with van der Waals surface area (Å²) in [5.41, 5.74) is 4.67. The van der Waals surface area contributed by atoms with E-state index in [0.29, 0.717) is 16.6 Å². The molecule has 0 saturated heterocycles. The average molecular weight is 420 g/mol. The molecule has 150 valence electrons. The number of ether oxygens (including phenoxy) is 1. The van der Waals surface area contributed by atoms with Crippen molar-refractivity contribution in [2.24, 2.45) is 0 Å². The van der Waals surface area contributed by atoms with Crippen LogP contribution in [0.15, 0.2) is 18.2 Å². The Morgan fingerprint density at radius 3 is 2.04 bits per heavy atom. The molecule has 1 rings (SSSR count). The summed E-state index contributed by atoms with van der Waals surface area (Å²) in [4.78, 5) is 12.2. The van der Waals surface area contributed by atoms with Crippen LogP contribution in [0.4, 0.5) is 18.9 Å². The van der Waals surface area contributed by atoms with Crippen LogP contribution in [0, 0.1) is 11.5 Å². The van der Waals surface area contributed by atoms with Gasteiger partial charge in [0.25, 0.3) is 5.91 Å². The third-order valence-electron chi connectivity index (χ3n) is 4.67. The Balaban J connectivity index is 3.01. The minimum atomic E-state index is -4.83. The van der Waals surface area contributed by atoms with E-state index in [1.165, 1.54) is 12.1 Å². The fraction of sp³-hybridized carbons (Fsp3) is 0.526. The first-order chi connectivity index (χ1) is 12.3. The van der Waals surface area contributed by atoms with Gasteiger partial charge in [0.15, 0.2) is 0 Å². The summed E-state index contributed by atoms with van der Waals surface area (Å²) in [5.74, 6) is 1.65. The molecule has 1 N–H and O–H groups in total. The lowest BCUT2D eigenvalue weighted by molar-refractivity contribution is -0.274. The highest BCUT2D eigenvalue weighted by molar-refractivity contribution is 6.90. The summed E-state index contributed by atoms with van der Waals surface area (Å²) in [6.07, 6.45) is -4.83. The highest BCUT2D eigenvalue weighted by Gasteiger charge is 2.41. The van der Waals surface area contributed by atoms with Crippen LogP contribution in [0.1, 0.15) is 41.5 Å². The molecule has 0 aromatic heterocycles. The first kappa shape index (κ1) is 23.4. The number of nitrogens with one attached hydrogen (secondary N) is 1. The van der Waals surface area contributed by atoms with Gasteiger partial charge in [-0.2, -0.15) is 0 Å². The van der Waals surface area contributed by atoms with Crippen LogP contribution in [0.3, 0.4) is 0 Å². The largest absolute Gasteiger partial charge is 0.573 e. The summed E-state index contributed by atoms with van der Waals surface area (Å²) < 4.78 is 40.6. The van der Waals surface area contributed by atoms with Crippen molar-refractivity contribution in [2.75, 3.05) is 5.32 Å². The van der Waals surface area contributed by atoms with Crippen molar-refractivity contribution in [1.82, 2.24) is 0 Å². The summed E-state index contributed by atoms with van der Waals surface area (Å²) >= 11 is 5.79. The Morgan fingerprint density at radius 2 is 1.63 bits per heavy atom. The molecule has 1 aromatic carbocycles. The minimum absolute atomic E-state index is 0.250. The maximum Gasteiger partial charge on any atom is 0.573 e. The quantitative estimate of drug-likeness (QED) is 0.443. The van der Waals surface area contributed by atoms with E-state index < -0.39 is 26.1 Å². The van der Waals surface area contributed by atoms with Gasteiger partial charge in [-0.3, -0.25) is 4.79 Å². The van der Waals surface area contributed by atoms with Crippen LogP contribution in [0.5, 0.6) is 5.75 Å². The second-order valence-electron chi connectivity index (χ2n) is 7.29. The monoisotopic (exact) mass is 419 g/mol. The lowest BCUT2D eigenvalue weighted by atomic mass is 10.3. The molecule has 3 nitrogen and oxygen atoms in total. The van der Waals surface area contributed by atoms with E-state index in [0.717, 1.165) is 6.07 Å². The Kier molecular flexibility index (Phi) is 7.82. The number of benzene rings is 1. The van der Waals surface area contributed by atoms with Crippen molar-refractivity contribution in [3.8, 4) is 17.2 Å². The van der Waals surface area contributed by atoms with E-state index in [1.54, 1.807) is 0 Å². The number of alkyl halides is 3. The molecule has 1 aromatic rings. The molecule has 0 radical (unpaired) electrons. The zero-order chi connectivity index (χ0) is 21.0. The lowest BCUT2D eigenvalue weighted by Gasteiger charge is -2.37. The van der Waals surface area contributed by atoms with Gasteiger partial charge in [-0.1, -0.05) is 53.1 Å². The molecular weight excluding hydrogens is 395 g/mol. The van der Waals surface area contributed by atoms with Crippen LogP contribution in [0.2, 0.25) is 21.6 Å². The molecule has 0 aliphatic rings. The van der Waals surface area contributed by atoms with Crippen molar-refractivity contribution in [3.05, 3.63) is 23.2 Å². The van der Waals surface area contributed by atoms with E-state index in [4.69, 9.17) is 11.6 Å². The van der Waals surface area contributed by atoms with Gasteiger partial charge in [0.05, 0.1) is 5.02 Å². The van der Waals surface area contributed by atoms with E-state index in [2.05, 4.69) is 63.1 Å². The molecule has 0 spiro atoms. The molecule has 8 heteroatoms. The van der Waals surface area contributed by atoms with Gasteiger partial charge >= 0.3 is 6.36 Å². The van der Waals surface area contributed by atoms with Gasteiger partial charge in [0.2, 0.25) is 0 Å². The predicted molar refractivity (Wildman–Crippen MR) is 106 cm³/mol. The number of carbonyl (C=O) groups excluding carboxylic acids is 1. The summed E-state index contributed by atoms with van der Waals surface area (Å²) in [5, 5.41) is 2.29. The van der Waals surface area contributed by atoms with Gasteiger partial charge in [-0.05, 0) is 40.7 Å². The van der Waals surface area contributed by atoms with Gasteiger partial charge in [-0.25, -0.2) is 0 Å². The van der Waals surface area contributed by atoms with Crippen molar-refractivity contribution < 1.29 is 22.7 Å². The van der Waals surface area contributed by atoms with Crippen LogP contribution < -0.4 is 10.1 Å². The number of halogens is 4. The van der Waals surface area contributed by atoms with Crippen molar-refractivity contribution in [3.63, 3.8) is 0 Å². The Hall–Kier alpha value is -1.65. The molecular formula is C19H25ClF3NO2Si. The third kappa shape index (κ3) is 6.18. The predicted octanol–water partition coefficient (Wildman–Crippen LogP) is 6.40. The maximum atomic E-state index is 12.3. The third-order valence-corrected chi connectivity index (χ3v) is 11.3. The topological polar surface area (TPSA) is 38.3 Å². The standard InChI is InChI=1S/C19H25ClF3NO2Si/c1-12(2)27(13(3)4,14(5)6)10-9-18(25)24-15-7-8-17(16(20)11-15)26-19(21,22)23/h7-8,11-14H,1-6H3,(H,24,25). The lowest BCUT2D eigenvalue weighted by Crippen LogP contribution is -2.43.